The summed E-state index contributed by atoms with van der Waals surface area (Å²) < 4.78 is 0. The van der Waals surface area contributed by atoms with Crippen molar-refractivity contribution in [1.82, 2.24) is 4.90 Å². The average molecular weight is 185 g/mol. The molecule has 1 atom stereocenters. The lowest BCUT2D eigenvalue weighted by molar-refractivity contribution is -0.134. The van der Waals surface area contributed by atoms with Crippen LogP contribution in [0.25, 0.3) is 0 Å². The minimum absolute atomic E-state index is 0.317. The van der Waals surface area contributed by atoms with Crippen LogP contribution in [-0.4, -0.2) is 23.4 Å². The number of piperidine rings is 1. The lowest BCUT2D eigenvalue weighted by Gasteiger charge is -2.33. The molecule has 0 radical (unpaired) electrons. The third-order valence-corrected chi connectivity index (χ3v) is 2.43. The highest BCUT2D eigenvalue weighted by Crippen LogP contribution is 2.16. The Labute approximate surface area is 82.3 Å². The van der Waals surface area contributed by atoms with Crippen molar-refractivity contribution in [3.05, 3.63) is 0 Å². The van der Waals surface area contributed by atoms with Crippen molar-refractivity contribution in [2.75, 3.05) is 6.54 Å². The van der Waals surface area contributed by atoms with Gasteiger partial charge >= 0.3 is 0 Å². The molecule has 1 heterocycles. The Hall–Kier alpha value is -0.530. The zero-order valence-electron chi connectivity index (χ0n) is 9.47. The zero-order valence-corrected chi connectivity index (χ0v) is 9.47. The van der Waals surface area contributed by atoms with Crippen LogP contribution in [0.1, 0.15) is 53.4 Å². The summed E-state index contributed by atoms with van der Waals surface area (Å²) in [5, 5.41) is 0. The summed E-state index contributed by atoms with van der Waals surface area (Å²) in [7, 11) is 0. The van der Waals surface area contributed by atoms with Crippen molar-refractivity contribution >= 4 is 5.91 Å². The topological polar surface area (TPSA) is 20.3 Å². The molecular formula is C11H23NO. The SMILES string of the molecule is CC.CCC(=O)N1CCCCC1C. The van der Waals surface area contributed by atoms with Gasteiger partial charge in [-0.1, -0.05) is 20.8 Å². The fraction of sp³-hybridized carbons (Fsp3) is 0.909. The predicted molar refractivity (Wildman–Crippen MR) is 56.7 cm³/mol. The molecule has 0 spiro atoms. The van der Waals surface area contributed by atoms with Crippen molar-refractivity contribution in [3.63, 3.8) is 0 Å². The average Bonchev–Trinajstić information content (AvgIpc) is 2.20. The van der Waals surface area contributed by atoms with Crippen LogP contribution in [0.5, 0.6) is 0 Å². The predicted octanol–water partition coefficient (Wildman–Crippen LogP) is 2.82. The number of nitrogens with zero attached hydrogens (tertiary/aromatic N) is 1. The largest absolute Gasteiger partial charge is 0.340 e. The molecule has 2 nitrogen and oxygen atoms in total. The van der Waals surface area contributed by atoms with E-state index < -0.39 is 0 Å². The van der Waals surface area contributed by atoms with Crippen molar-refractivity contribution in [1.29, 1.82) is 0 Å². The summed E-state index contributed by atoms with van der Waals surface area (Å²) in [5.74, 6) is 0.317. The molecule has 0 N–H and O–H groups in total. The number of rotatable bonds is 1. The third-order valence-electron chi connectivity index (χ3n) is 2.43. The highest BCUT2D eigenvalue weighted by Gasteiger charge is 2.21. The van der Waals surface area contributed by atoms with Crippen LogP contribution in [0.2, 0.25) is 0 Å². The minimum atomic E-state index is 0.317. The fourth-order valence-electron chi connectivity index (χ4n) is 1.67. The van der Waals surface area contributed by atoms with E-state index in [1.54, 1.807) is 0 Å². The molecule has 13 heavy (non-hydrogen) atoms. The van der Waals surface area contributed by atoms with Crippen LogP contribution in [0, 0.1) is 0 Å². The number of carbonyl (C=O) groups excluding carboxylic acids is 1. The van der Waals surface area contributed by atoms with E-state index in [2.05, 4.69) is 6.92 Å². The summed E-state index contributed by atoms with van der Waals surface area (Å²) in [6.45, 7) is 9.06. The van der Waals surface area contributed by atoms with E-state index in [4.69, 9.17) is 0 Å². The second-order valence-corrected chi connectivity index (χ2v) is 3.29. The Balaban J connectivity index is 0.000000671. The van der Waals surface area contributed by atoms with Crippen LogP contribution in [-0.2, 0) is 4.79 Å². The summed E-state index contributed by atoms with van der Waals surface area (Å²) >= 11 is 0. The Kier molecular flexibility index (Phi) is 6.65. The molecule has 1 rings (SSSR count). The first kappa shape index (κ1) is 12.5. The fourth-order valence-corrected chi connectivity index (χ4v) is 1.67. The second kappa shape index (κ2) is 6.93. The number of hydrogen-bond donors (Lipinski definition) is 0. The van der Waals surface area contributed by atoms with Crippen LogP contribution in [0.15, 0.2) is 0 Å². The zero-order chi connectivity index (χ0) is 10.3. The van der Waals surface area contributed by atoms with E-state index in [-0.39, 0.29) is 0 Å². The maximum atomic E-state index is 11.3. The van der Waals surface area contributed by atoms with Gasteiger partial charge in [0.25, 0.3) is 0 Å². The first-order chi connectivity index (χ1) is 6.25. The van der Waals surface area contributed by atoms with E-state index in [9.17, 15) is 4.79 Å². The number of carbonyl (C=O) groups is 1. The van der Waals surface area contributed by atoms with Gasteiger partial charge in [-0.3, -0.25) is 4.79 Å². The van der Waals surface area contributed by atoms with Gasteiger partial charge in [0.05, 0.1) is 0 Å². The maximum absolute atomic E-state index is 11.3. The van der Waals surface area contributed by atoms with Gasteiger partial charge in [-0.25, -0.2) is 0 Å². The summed E-state index contributed by atoms with van der Waals surface area (Å²) in [5.41, 5.74) is 0. The maximum Gasteiger partial charge on any atom is 0.222 e. The van der Waals surface area contributed by atoms with Crippen molar-refractivity contribution in [2.45, 2.75) is 59.4 Å². The lowest BCUT2D eigenvalue weighted by Crippen LogP contribution is -2.41. The summed E-state index contributed by atoms with van der Waals surface area (Å²) in [6.07, 6.45) is 4.32. The van der Waals surface area contributed by atoms with Crippen LogP contribution in [0.4, 0.5) is 0 Å². The molecule has 0 aromatic rings. The molecule has 1 unspecified atom stereocenters. The monoisotopic (exact) mass is 185 g/mol. The highest BCUT2D eigenvalue weighted by molar-refractivity contribution is 5.76. The van der Waals surface area contributed by atoms with Gasteiger partial charge in [-0.15, -0.1) is 0 Å². The number of likely N-dealkylation sites (tertiary alicyclic amines) is 1. The standard InChI is InChI=1S/C9H17NO.C2H6/c1-3-9(11)10-7-5-4-6-8(10)2;1-2/h8H,3-7H2,1-2H3;1-2H3. The molecule has 78 valence electrons. The van der Waals surface area contributed by atoms with Crippen LogP contribution in [0.3, 0.4) is 0 Å². The van der Waals surface area contributed by atoms with Gasteiger partial charge in [-0.2, -0.15) is 0 Å². The van der Waals surface area contributed by atoms with Gasteiger partial charge in [-0.05, 0) is 26.2 Å². The van der Waals surface area contributed by atoms with Crippen LogP contribution >= 0.6 is 0 Å². The lowest BCUT2D eigenvalue weighted by atomic mass is 10.0. The minimum Gasteiger partial charge on any atom is -0.340 e. The van der Waals surface area contributed by atoms with Gasteiger partial charge in [0.1, 0.15) is 0 Å². The first-order valence-electron chi connectivity index (χ1n) is 5.55. The van der Waals surface area contributed by atoms with Crippen molar-refractivity contribution < 1.29 is 4.79 Å². The van der Waals surface area contributed by atoms with E-state index in [0.717, 1.165) is 6.54 Å². The third kappa shape index (κ3) is 3.79. The molecule has 1 amide bonds. The quantitative estimate of drug-likeness (QED) is 0.615. The van der Waals surface area contributed by atoms with Crippen molar-refractivity contribution in [3.8, 4) is 0 Å². The Bertz CT molecular complexity index is 145. The molecule has 0 aromatic carbocycles. The van der Waals surface area contributed by atoms with Gasteiger partial charge in [0.2, 0.25) is 5.91 Å². The Morgan fingerprint density at radius 3 is 2.46 bits per heavy atom. The normalized spacial score (nSPS) is 21.8. The van der Waals surface area contributed by atoms with E-state index in [1.807, 2.05) is 25.7 Å². The molecule has 1 aliphatic heterocycles. The number of amides is 1. The van der Waals surface area contributed by atoms with Gasteiger partial charge < -0.3 is 4.90 Å². The molecule has 1 aliphatic rings. The molecule has 0 aliphatic carbocycles. The van der Waals surface area contributed by atoms with Gasteiger partial charge in [0.15, 0.2) is 0 Å². The molecule has 0 bridgehead atoms. The Morgan fingerprint density at radius 2 is 2.00 bits per heavy atom. The second-order valence-electron chi connectivity index (χ2n) is 3.29. The molecule has 1 fully saturated rings. The highest BCUT2D eigenvalue weighted by atomic mass is 16.2. The van der Waals surface area contributed by atoms with E-state index >= 15 is 0 Å². The van der Waals surface area contributed by atoms with Crippen molar-refractivity contribution in [2.24, 2.45) is 0 Å². The summed E-state index contributed by atoms with van der Waals surface area (Å²) in [4.78, 5) is 13.3. The van der Waals surface area contributed by atoms with Gasteiger partial charge in [0, 0.05) is 19.0 Å². The number of hydrogen-bond acceptors (Lipinski definition) is 1. The molecular weight excluding hydrogens is 162 g/mol. The Morgan fingerprint density at radius 1 is 1.38 bits per heavy atom. The van der Waals surface area contributed by atoms with Crippen LogP contribution < -0.4 is 0 Å². The molecule has 1 saturated heterocycles. The smallest absolute Gasteiger partial charge is 0.222 e. The summed E-state index contributed by atoms with van der Waals surface area (Å²) in [6, 6.07) is 0.483. The molecule has 2 heteroatoms. The molecule has 0 saturated carbocycles. The van der Waals surface area contributed by atoms with E-state index in [1.165, 1.54) is 19.3 Å². The van der Waals surface area contributed by atoms with E-state index in [0.29, 0.717) is 18.4 Å². The first-order valence-corrected chi connectivity index (χ1v) is 5.55. The molecule has 0 aromatic heterocycles.